The molecule has 1 aliphatic rings. The molecule has 122 valence electrons. The van der Waals surface area contributed by atoms with E-state index in [1.54, 1.807) is 6.07 Å². The van der Waals surface area contributed by atoms with Gasteiger partial charge >= 0.3 is 6.03 Å². The van der Waals surface area contributed by atoms with Gasteiger partial charge < -0.3 is 4.57 Å². The van der Waals surface area contributed by atoms with Crippen LogP contribution in [0.25, 0.3) is 11.8 Å². The second kappa shape index (κ2) is 5.98. The van der Waals surface area contributed by atoms with Gasteiger partial charge in [0.2, 0.25) is 0 Å². The summed E-state index contributed by atoms with van der Waals surface area (Å²) in [6.07, 6.45) is 1.47. The van der Waals surface area contributed by atoms with Gasteiger partial charge in [-0.2, -0.15) is 0 Å². The molecule has 2 aromatic rings. The minimum atomic E-state index is -0.813. The van der Waals surface area contributed by atoms with Crippen LogP contribution in [-0.4, -0.2) is 22.4 Å². The molecule has 2 heterocycles. The van der Waals surface area contributed by atoms with Crippen molar-refractivity contribution < 1.29 is 14.4 Å². The summed E-state index contributed by atoms with van der Waals surface area (Å²) in [7, 11) is 0. The van der Waals surface area contributed by atoms with Crippen LogP contribution in [0.15, 0.2) is 35.9 Å². The van der Waals surface area contributed by atoms with Crippen LogP contribution in [0.2, 0.25) is 5.02 Å². The van der Waals surface area contributed by atoms with Crippen LogP contribution in [-0.2, 0) is 9.59 Å². The number of aryl methyl sites for hydroxylation is 1. The van der Waals surface area contributed by atoms with Gasteiger partial charge in [0, 0.05) is 22.1 Å². The van der Waals surface area contributed by atoms with E-state index in [1.807, 2.05) is 42.7 Å². The lowest BCUT2D eigenvalue weighted by atomic mass is 10.1. The topological polar surface area (TPSA) is 80.2 Å². The van der Waals surface area contributed by atoms with Gasteiger partial charge in [-0.1, -0.05) is 17.7 Å². The highest BCUT2D eigenvalue weighted by atomic mass is 35.5. The van der Waals surface area contributed by atoms with Crippen molar-refractivity contribution in [2.24, 2.45) is 0 Å². The summed E-state index contributed by atoms with van der Waals surface area (Å²) in [6.45, 7) is 3.80. The molecule has 0 spiro atoms. The molecule has 1 fully saturated rings. The number of urea groups is 1. The van der Waals surface area contributed by atoms with Crippen LogP contribution in [0.1, 0.15) is 17.0 Å². The lowest BCUT2D eigenvalue weighted by Gasteiger charge is -2.14. The zero-order chi connectivity index (χ0) is 17.4. The van der Waals surface area contributed by atoms with E-state index in [0.717, 1.165) is 17.1 Å². The van der Waals surface area contributed by atoms with E-state index in [9.17, 15) is 14.4 Å². The van der Waals surface area contributed by atoms with Gasteiger partial charge in [0.15, 0.2) is 0 Å². The molecule has 6 nitrogen and oxygen atoms in total. The standard InChI is InChI=1S/C17H14ClN3O3/c1-9-6-11(7-14-15(22)19-17(24)20-16(14)23)10(2)21(9)13-5-3-4-12(18)8-13/h3-8H,1-2H3,(H2,19,20,22,23,24). The van der Waals surface area contributed by atoms with Gasteiger partial charge in [0.05, 0.1) is 0 Å². The molecule has 3 rings (SSSR count). The second-order valence-electron chi connectivity index (χ2n) is 5.44. The molecule has 1 saturated heterocycles. The molecule has 24 heavy (non-hydrogen) atoms. The number of halogens is 1. The summed E-state index contributed by atoms with van der Waals surface area (Å²) in [5.74, 6) is -1.42. The summed E-state index contributed by atoms with van der Waals surface area (Å²) in [5.41, 5.74) is 3.26. The molecule has 0 bridgehead atoms. The Kier molecular flexibility index (Phi) is 3.99. The molecule has 1 aromatic heterocycles. The molecule has 0 radical (unpaired) electrons. The number of amides is 4. The predicted molar refractivity (Wildman–Crippen MR) is 89.9 cm³/mol. The summed E-state index contributed by atoms with van der Waals surface area (Å²) >= 11 is 6.05. The molecule has 0 atom stereocenters. The van der Waals surface area contributed by atoms with Gasteiger partial charge in [-0.05, 0) is 49.8 Å². The fourth-order valence-electron chi connectivity index (χ4n) is 2.71. The number of hydrogen-bond acceptors (Lipinski definition) is 3. The van der Waals surface area contributed by atoms with Gasteiger partial charge in [-0.3, -0.25) is 20.2 Å². The van der Waals surface area contributed by atoms with Crippen LogP contribution >= 0.6 is 11.6 Å². The fourth-order valence-corrected chi connectivity index (χ4v) is 2.89. The second-order valence-corrected chi connectivity index (χ2v) is 5.87. The summed E-state index contributed by atoms with van der Waals surface area (Å²) in [6, 6.07) is 8.43. The Balaban J connectivity index is 2.07. The third kappa shape index (κ3) is 2.83. The first-order valence-electron chi connectivity index (χ1n) is 7.20. The number of imide groups is 2. The van der Waals surface area contributed by atoms with Gasteiger partial charge in [-0.15, -0.1) is 0 Å². The average molecular weight is 344 g/mol. The van der Waals surface area contributed by atoms with Crippen LogP contribution < -0.4 is 10.6 Å². The first-order chi connectivity index (χ1) is 11.4. The Bertz CT molecular complexity index is 890. The van der Waals surface area contributed by atoms with E-state index in [2.05, 4.69) is 10.6 Å². The Morgan fingerprint density at radius 3 is 2.33 bits per heavy atom. The van der Waals surface area contributed by atoms with Crippen molar-refractivity contribution in [3.05, 3.63) is 57.9 Å². The van der Waals surface area contributed by atoms with E-state index in [1.165, 1.54) is 6.08 Å². The SMILES string of the molecule is Cc1cc(C=C2C(=O)NC(=O)NC2=O)c(C)n1-c1cccc(Cl)c1. The average Bonchev–Trinajstić information content (AvgIpc) is 2.77. The number of nitrogens with one attached hydrogen (secondary N) is 2. The Labute approximate surface area is 143 Å². The van der Waals surface area contributed by atoms with Crippen molar-refractivity contribution in [2.75, 3.05) is 0 Å². The van der Waals surface area contributed by atoms with Crippen LogP contribution in [0.3, 0.4) is 0 Å². The highest BCUT2D eigenvalue weighted by Crippen LogP contribution is 2.24. The molecule has 4 amide bonds. The minimum Gasteiger partial charge on any atom is -0.318 e. The first-order valence-corrected chi connectivity index (χ1v) is 7.58. The lowest BCUT2D eigenvalue weighted by Crippen LogP contribution is -2.51. The Hall–Kier alpha value is -2.86. The van der Waals surface area contributed by atoms with Crippen molar-refractivity contribution in [3.63, 3.8) is 0 Å². The summed E-state index contributed by atoms with van der Waals surface area (Å²) < 4.78 is 1.97. The zero-order valence-electron chi connectivity index (χ0n) is 13.0. The number of hydrogen-bond donors (Lipinski definition) is 2. The summed E-state index contributed by atoms with van der Waals surface area (Å²) in [5, 5.41) is 4.73. The van der Waals surface area contributed by atoms with Gasteiger partial charge in [-0.25, -0.2) is 4.79 Å². The molecule has 0 aliphatic carbocycles. The normalized spacial score (nSPS) is 14.5. The highest BCUT2D eigenvalue weighted by Gasteiger charge is 2.28. The molecule has 0 saturated carbocycles. The maximum absolute atomic E-state index is 11.9. The van der Waals surface area contributed by atoms with E-state index in [4.69, 9.17) is 11.6 Å². The van der Waals surface area contributed by atoms with Crippen molar-refractivity contribution in [2.45, 2.75) is 13.8 Å². The maximum atomic E-state index is 11.9. The van der Waals surface area contributed by atoms with E-state index in [-0.39, 0.29) is 5.57 Å². The minimum absolute atomic E-state index is 0.110. The number of benzene rings is 1. The molecule has 1 aliphatic heterocycles. The van der Waals surface area contributed by atoms with Crippen molar-refractivity contribution in [1.82, 2.24) is 15.2 Å². The van der Waals surface area contributed by atoms with Crippen molar-refractivity contribution in [1.29, 1.82) is 0 Å². The molecular weight excluding hydrogens is 330 g/mol. The number of carbonyl (C=O) groups is 3. The van der Waals surface area contributed by atoms with Crippen LogP contribution in [0.5, 0.6) is 0 Å². The monoisotopic (exact) mass is 343 g/mol. The molecule has 7 heteroatoms. The first kappa shape index (κ1) is 16.0. The van der Waals surface area contributed by atoms with E-state index in [0.29, 0.717) is 10.6 Å². The number of rotatable bonds is 2. The smallest absolute Gasteiger partial charge is 0.318 e. The van der Waals surface area contributed by atoms with Crippen LogP contribution in [0, 0.1) is 13.8 Å². The number of barbiturate groups is 1. The lowest BCUT2D eigenvalue weighted by molar-refractivity contribution is -0.123. The number of carbonyl (C=O) groups excluding carboxylic acids is 3. The molecule has 1 aromatic carbocycles. The Morgan fingerprint density at radius 1 is 1.04 bits per heavy atom. The van der Waals surface area contributed by atoms with Gasteiger partial charge in [0.25, 0.3) is 11.8 Å². The molecular formula is C17H14ClN3O3. The third-order valence-electron chi connectivity index (χ3n) is 3.78. The summed E-state index contributed by atoms with van der Waals surface area (Å²) in [4.78, 5) is 34.8. The van der Waals surface area contributed by atoms with Crippen LogP contribution in [0.4, 0.5) is 4.79 Å². The number of nitrogens with zero attached hydrogens (tertiary/aromatic N) is 1. The quantitative estimate of drug-likeness (QED) is 0.649. The predicted octanol–water partition coefficient (Wildman–Crippen LogP) is 2.50. The zero-order valence-corrected chi connectivity index (χ0v) is 13.8. The maximum Gasteiger partial charge on any atom is 0.328 e. The third-order valence-corrected chi connectivity index (χ3v) is 4.01. The van der Waals surface area contributed by atoms with Gasteiger partial charge in [0.1, 0.15) is 5.57 Å². The highest BCUT2D eigenvalue weighted by molar-refractivity contribution is 6.31. The fraction of sp³-hybridized carbons (Fsp3) is 0.118. The molecule has 2 N–H and O–H groups in total. The van der Waals surface area contributed by atoms with E-state index < -0.39 is 17.8 Å². The van der Waals surface area contributed by atoms with E-state index >= 15 is 0 Å². The molecule has 0 unspecified atom stereocenters. The number of aromatic nitrogens is 1. The van der Waals surface area contributed by atoms with Crippen molar-refractivity contribution in [3.8, 4) is 5.69 Å². The van der Waals surface area contributed by atoms with Crippen molar-refractivity contribution >= 4 is 35.5 Å². The Morgan fingerprint density at radius 2 is 1.71 bits per heavy atom. The largest absolute Gasteiger partial charge is 0.328 e.